The van der Waals surface area contributed by atoms with E-state index >= 15 is 0 Å². The molecule has 2 N–H and O–H groups in total. The average molecular weight is 685 g/mol. The Kier molecular flexibility index (Phi) is 10.3. The first-order chi connectivity index (χ1) is 23.8. The fourth-order valence-electron chi connectivity index (χ4n) is 7.08. The first-order valence-corrected chi connectivity index (χ1v) is 18.5. The number of aliphatic hydroxyl groups is 1. The fraction of sp³-hybridized carbons (Fsp3) is 0.385. The van der Waals surface area contributed by atoms with E-state index in [-0.39, 0.29) is 36.2 Å². The second-order valence-electron chi connectivity index (χ2n) is 13.1. The molecule has 0 radical (unpaired) electrons. The van der Waals surface area contributed by atoms with Crippen molar-refractivity contribution in [2.75, 3.05) is 32.8 Å². The number of piperidine rings is 1. The highest BCUT2D eigenvalue weighted by Crippen LogP contribution is 2.43. The zero-order valence-corrected chi connectivity index (χ0v) is 28.6. The Labute approximate surface area is 288 Å². The number of sulfonamides is 1. The van der Waals surface area contributed by atoms with Crippen molar-refractivity contribution in [1.29, 1.82) is 0 Å². The molecule has 258 valence electrons. The first kappa shape index (κ1) is 34.0. The third kappa shape index (κ3) is 7.67. The monoisotopic (exact) mass is 684 g/mol. The number of hydrogen-bond donors (Lipinski definition) is 2. The topological polar surface area (TPSA) is 107 Å². The average Bonchev–Trinajstić information content (AvgIpc) is 3.61. The third-order valence-corrected chi connectivity index (χ3v) is 11.4. The SMILES string of the molecule is C[C@H]1[C@@H](CN2CCC3(CC2)OCCO3)O[C@@H](c2ccc(-c3ccccc3CNS(=O)(=O)c3ccccc3)cc2)O[C@H]1c1ccc(CO)cc1. The van der Waals surface area contributed by atoms with Crippen LogP contribution in [0.3, 0.4) is 0 Å². The van der Waals surface area contributed by atoms with Gasteiger partial charge >= 0.3 is 0 Å². The van der Waals surface area contributed by atoms with Crippen molar-refractivity contribution < 1.29 is 32.5 Å². The zero-order chi connectivity index (χ0) is 33.8. The van der Waals surface area contributed by atoms with Crippen LogP contribution in [0.1, 0.15) is 54.4 Å². The molecule has 7 rings (SSSR count). The molecule has 9 nitrogen and oxygen atoms in total. The summed E-state index contributed by atoms with van der Waals surface area (Å²) in [7, 11) is -3.65. The van der Waals surface area contributed by atoms with E-state index in [1.165, 1.54) is 0 Å². The molecule has 49 heavy (non-hydrogen) atoms. The molecule has 0 amide bonds. The second-order valence-corrected chi connectivity index (χ2v) is 14.9. The minimum absolute atomic E-state index is 0.00598. The highest BCUT2D eigenvalue weighted by molar-refractivity contribution is 7.89. The Hall–Kier alpha value is -3.45. The molecule has 0 saturated carbocycles. The standard InChI is InChI=1S/C39H44N2O7S/c1-28-36(26-41-21-19-39(20-22-41)45-23-24-46-39)47-38(48-37(28)31-13-11-29(27-42)12-14-31)32-17-15-30(16-18-32)35-10-6-5-7-33(35)25-40-49(43,44)34-8-3-2-4-9-34/h2-18,28,36-38,40,42H,19-27H2,1H3/t28-,36+,37+,38+/m0/s1. The third-order valence-electron chi connectivity index (χ3n) is 10.0. The molecule has 4 atom stereocenters. The number of nitrogens with zero attached hydrogens (tertiary/aromatic N) is 1. The lowest BCUT2D eigenvalue weighted by Gasteiger charge is -2.44. The number of rotatable bonds is 10. The summed E-state index contributed by atoms with van der Waals surface area (Å²) in [5, 5.41) is 9.61. The van der Waals surface area contributed by atoms with Gasteiger partial charge in [0.05, 0.1) is 36.9 Å². The van der Waals surface area contributed by atoms with Gasteiger partial charge in [0.25, 0.3) is 0 Å². The van der Waals surface area contributed by atoms with E-state index in [1.54, 1.807) is 30.3 Å². The summed E-state index contributed by atoms with van der Waals surface area (Å²) in [4.78, 5) is 2.68. The van der Waals surface area contributed by atoms with Crippen LogP contribution < -0.4 is 4.72 Å². The van der Waals surface area contributed by atoms with Crippen molar-refractivity contribution >= 4 is 10.0 Å². The minimum atomic E-state index is -3.65. The number of likely N-dealkylation sites (tertiary alicyclic amines) is 1. The molecule has 0 aromatic heterocycles. The molecule has 4 aromatic rings. The summed E-state index contributed by atoms with van der Waals surface area (Å²) in [6.45, 7) is 6.20. The van der Waals surface area contributed by atoms with Crippen LogP contribution in [-0.4, -0.2) is 63.2 Å². The summed E-state index contributed by atoms with van der Waals surface area (Å²) in [6, 6.07) is 32.3. The highest BCUT2D eigenvalue weighted by Gasteiger charge is 2.43. The highest BCUT2D eigenvalue weighted by atomic mass is 32.2. The smallest absolute Gasteiger partial charge is 0.240 e. The van der Waals surface area contributed by atoms with Crippen LogP contribution >= 0.6 is 0 Å². The summed E-state index contributed by atoms with van der Waals surface area (Å²) >= 11 is 0. The number of ether oxygens (including phenoxy) is 4. The van der Waals surface area contributed by atoms with Gasteiger partial charge in [-0.1, -0.05) is 97.9 Å². The van der Waals surface area contributed by atoms with Gasteiger partial charge in [0.1, 0.15) is 0 Å². The molecule has 3 heterocycles. The number of aliphatic hydroxyl groups excluding tert-OH is 1. The molecule has 3 saturated heterocycles. The van der Waals surface area contributed by atoms with E-state index in [0.717, 1.165) is 65.9 Å². The molecule has 10 heteroatoms. The van der Waals surface area contributed by atoms with Gasteiger partial charge in [0.15, 0.2) is 12.1 Å². The number of nitrogens with one attached hydrogen (secondary N) is 1. The van der Waals surface area contributed by atoms with Gasteiger partial charge in [-0.15, -0.1) is 0 Å². The van der Waals surface area contributed by atoms with E-state index < -0.39 is 22.1 Å². The Morgan fingerprint density at radius 3 is 2.16 bits per heavy atom. The Bertz CT molecular complexity index is 1790. The molecular weight excluding hydrogens is 641 g/mol. The maximum atomic E-state index is 12.9. The van der Waals surface area contributed by atoms with E-state index in [9.17, 15) is 13.5 Å². The van der Waals surface area contributed by atoms with Crippen molar-refractivity contribution in [3.63, 3.8) is 0 Å². The predicted molar refractivity (Wildman–Crippen MR) is 186 cm³/mol. The van der Waals surface area contributed by atoms with Crippen LogP contribution in [0, 0.1) is 5.92 Å². The van der Waals surface area contributed by atoms with Gasteiger partial charge in [0, 0.05) is 50.5 Å². The molecule has 3 aliphatic rings. The van der Waals surface area contributed by atoms with Gasteiger partial charge in [-0.05, 0) is 39.9 Å². The van der Waals surface area contributed by atoms with Crippen LogP contribution in [0.25, 0.3) is 11.1 Å². The van der Waals surface area contributed by atoms with Crippen molar-refractivity contribution in [2.24, 2.45) is 5.92 Å². The number of hydrogen-bond acceptors (Lipinski definition) is 8. The molecule has 3 aliphatic heterocycles. The molecule has 3 fully saturated rings. The molecule has 0 unspecified atom stereocenters. The van der Waals surface area contributed by atoms with Gasteiger partial charge in [-0.2, -0.15) is 0 Å². The van der Waals surface area contributed by atoms with Crippen molar-refractivity contribution in [3.8, 4) is 11.1 Å². The van der Waals surface area contributed by atoms with Crippen LogP contribution in [-0.2, 0) is 42.1 Å². The zero-order valence-electron chi connectivity index (χ0n) is 27.7. The van der Waals surface area contributed by atoms with E-state index in [4.69, 9.17) is 18.9 Å². The summed E-state index contributed by atoms with van der Waals surface area (Å²) in [5.74, 6) is -0.345. The van der Waals surface area contributed by atoms with Gasteiger partial charge in [0.2, 0.25) is 10.0 Å². The lowest BCUT2D eigenvalue weighted by Crippen LogP contribution is -2.50. The largest absolute Gasteiger partial charge is 0.392 e. The summed E-state index contributed by atoms with van der Waals surface area (Å²) in [6.07, 6.45) is 0.822. The predicted octanol–water partition coefficient (Wildman–Crippen LogP) is 5.95. The Morgan fingerprint density at radius 2 is 1.47 bits per heavy atom. The van der Waals surface area contributed by atoms with E-state index in [1.807, 2.05) is 72.8 Å². The summed E-state index contributed by atoms with van der Waals surface area (Å²) < 4.78 is 53.9. The second kappa shape index (κ2) is 14.8. The Morgan fingerprint density at radius 1 is 0.816 bits per heavy atom. The fourth-order valence-corrected chi connectivity index (χ4v) is 8.10. The molecular formula is C39H44N2O7S. The van der Waals surface area contributed by atoms with Crippen molar-refractivity contribution in [2.45, 2.75) is 62.1 Å². The van der Waals surface area contributed by atoms with Crippen LogP contribution in [0.2, 0.25) is 0 Å². The first-order valence-electron chi connectivity index (χ1n) is 17.1. The van der Waals surface area contributed by atoms with Crippen LogP contribution in [0.5, 0.6) is 0 Å². The maximum Gasteiger partial charge on any atom is 0.240 e. The maximum absolute atomic E-state index is 12.9. The lowest BCUT2D eigenvalue weighted by atomic mass is 9.89. The van der Waals surface area contributed by atoms with Crippen LogP contribution in [0.15, 0.2) is 108 Å². The van der Waals surface area contributed by atoms with Crippen LogP contribution in [0.4, 0.5) is 0 Å². The van der Waals surface area contributed by atoms with Gasteiger partial charge in [-0.3, -0.25) is 0 Å². The Balaban J connectivity index is 1.09. The summed E-state index contributed by atoms with van der Waals surface area (Å²) in [5.41, 5.74) is 5.60. The van der Waals surface area contributed by atoms with Crippen molar-refractivity contribution in [3.05, 3.63) is 125 Å². The molecule has 0 aliphatic carbocycles. The van der Waals surface area contributed by atoms with E-state index in [2.05, 4.69) is 16.5 Å². The quantitative estimate of drug-likeness (QED) is 0.211. The normalized spacial score (nSPS) is 24.3. The van der Waals surface area contributed by atoms with E-state index in [0.29, 0.717) is 13.2 Å². The van der Waals surface area contributed by atoms with Gasteiger partial charge < -0.3 is 29.0 Å². The molecule has 1 spiro atoms. The molecule has 4 aromatic carbocycles. The number of benzene rings is 4. The minimum Gasteiger partial charge on any atom is -0.392 e. The lowest BCUT2D eigenvalue weighted by molar-refractivity contribution is -0.278. The molecule has 0 bridgehead atoms. The van der Waals surface area contributed by atoms with Crippen molar-refractivity contribution in [1.82, 2.24) is 9.62 Å². The van der Waals surface area contributed by atoms with Gasteiger partial charge in [-0.25, -0.2) is 13.1 Å².